The fourth-order valence-corrected chi connectivity index (χ4v) is 8.02. The quantitative estimate of drug-likeness (QED) is 0.178. The van der Waals surface area contributed by atoms with Gasteiger partial charge in [0, 0.05) is 22.1 Å². The molecule has 0 N–H and O–H groups in total. The lowest BCUT2D eigenvalue weighted by Crippen LogP contribution is -2.14. The summed E-state index contributed by atoms with van der Waals surface area (Å²) in [5, 5.41) is 7.45. The van der Waals surface area contributed by atoms with Crippen LogP contribution in [-0.2, 0) is 5.41 Å². The molecule has 0 saturated heterocycles. The van der Waals surface area contributed by atoms with E-state index in [9.17, 15) is 0 Å². The highest BCUT2D eigenvalue weighted by Crippen LogP contribution is 2.50. The van der Waals surface area contributed by atoms with Crippen molar-refractivity contribution in [1.29, 1.82) is 0 Å². The Balaban J connectivity index is 1.13. The van der Waals surface area contributed by atoms with Crippen LogP contribution in [-0.4, -0.2) is 15.0 Å². The van der Waals surface area contributed by atoms with Crippen LogP contribution in [0.5, 0.6) is 0 Å². The Labute approximate surface area is 297 Å². The standard InChI is InChI=1S/C48H33N3/c1-48(2)42-16-10-9-15-39(42)41-29-40-36(28-43(41)48)24-20-32-19-23-35-27-37(25-26-38(35)44(32)40)47-50-45(33-13-7-4-8-14-33)49-46(51-47)34-21-17-31(18-22-34)30-11-5-3-6-12-30/h3-29H,1-2H3. The highest BCUT2D eigenvalue weighted by atomic mass is 15.0. The number of hydrogen-bond acceptors (Lipinski definition) is 3. The Kier molecular flexibility index (Phi) is 6.53. The van der Waals surface area contributed by atoms with Gasteiger partial charge in [0.15, 0.2) is 17.5 Å². The van der Waals surface area contributed by atoms with E-state index in [2.05, 4.69) is 153 Å². The summed E-state index contributed by atoms with van der Waals surface area (Å²) in [4.78, 5) is 15.1. The van der Waals surface area contributed by atoms with Crippen molar-refractivity contribution >= 4 is 32.3 Å². The first-order valence-corrected chi connectivity index (χ1v) is 17.5. The second kappa shape index (κ2) is 11.3. The molecule has 0 atom stereocenters. The van der Waals surface area contributed by atoms with Crippen molar-refractivity contribution in [2.75, 3.05) is 0 Å². The molecule has 0 spiro atoms. The number of aromatic nitrogens is 3. The predicted octanol–water partition coefficient (Wildman–Crippen LogP) is 12.3. The van der Waals surface area contributed by atoms with Gasteiger partial charge in [-0.25, -0.2) is 15.0 Å². The van der Waals surface area contributed by atoms with E-state index in [0.29, 0.717) is 17.5 Å². The van der Waals surface area contributed by atoms with Crippen LogP contribution in [0, 0.1) is 0 Å². The van der Waals surface area contributed by atoms with E-state index in [4.69, 9.17) is 15.0 Å². The maximum atomic E-state index is 5.07. The van der Waals surface area contributed by atoms with Gasteiger partial charge in [-0.15, -0.1) is 0 Å². The minimum atomic E-state index is -0.0331. The van der Waals surface area contributed by atoms with Crippen LogP contribution in [0.4, 0.5) is 0 Å². The molecular weight excluding hydrogens is 619 g/mol. The van der Waals surface area contributed by atoms with Gasteiger partial charge < -0.3 is 0 Å². The first-order valence-electron chi connectivity index (χ1n) is 17.5. The topological polar surface area (TPSA) is 38.7 Å². The molecule has 51 heavy (non-hydrogen) atoms. The second-order valence-corrected chi connectivity index (χ2v) is 14.1. The zero-order valence-electron chi connectivity index (χ0n) is 28.4. The van der Waals surface area contributed by atoms with E-state index < -0.39 is 0 Å². The van der Waals surface area contributed by atoms with Gasteiger partial charge in [0.05, 0.1) is 0 Å². The summed E-state index contributed by atoms with van der Waals surface area (Å²) in [5.41, 5.74) is 10.6. The number of benzene rings is 8. The minimum absolute atomic E-state index is 0.0331. The molecule has 3 heteroatoms. The van der Waals surface area contributed by atoms with E-state index >= 15 is 0 Å². The molecule has 1 aliphatic rings. The van der Waals surface area contributed by atoms with Gasteiger partial charge in [-0.05, 0) is 83.9 Å². The smallest absolute Gasteiger partial charge is 0.164 e. The first kappa shape index (κ1) is 29.5. The van der Waals surface area contributed by atoms with E-state index in [1.165, 1.54) is 54.7 Å². The molecule has 1 aliphatic carbocycles. The minimum Gasteiger partial charge on any atom is -0.208 e. The fourth-order valence-electron chi connectivity index (χ4n) is 8.02. The van der Waals surface area contributed by atoms with Gasteiger partial charge in [-0.2, -0.15) is 0 Å². The maximum Gasteiger partial charge on any atom is 0.164 e. The third kappa shape index (κ3) is 4.77. The van der Waals surface area contributed by atoms with Gasteiger partial charge in [0.2, 0.25) is 0 Å². The highest BCUT2D eigenvalue weighted by molar-refractivity contribution is 6.21. The average Bonchev–Trinajstić information content (AvgIpc) is 3.42. The number of fused-ring (bicyclic) bond motifs is 8. The van der Waals surface area contributed by atoms with Crippen molar-refractivity contribution in [1.82, 2.24) is 15.0 Å². The van der Waals surface area contributed by atoms with Crippen LogP contribution in [0.25, 0.3) is 88.7 Å². The van der Waals surface area contributed by atoms with E-state index in [-0.39, 0.29) is 5.41 Å². The van der Waals surface area contributed by atoms with Gasteiger partial charge in [0.1, 0.15) is 0 Å². The Morgan fingerprint density at radius 1 is 0.353 bits per heavy atom. The molecule has 3 nitrogen and oxygen atoms in total. The Morgan fingerprint density at radius 2 is 0.863 bits per heavy atom. The normalized spacial score (nSPS) is 13.1. The molecule has 240 valence electrons. The van der Waals surface area contributed by atoms with Crippen LogP contribution in [0.15, 0.2) is 164 Å². The van der Waals surface area contributed by atoms with Gasteiger partial charge in [-0.3, -0.25) is 0 Å². The molecule has 0 fully saturated rings. The predicted molar refractivity (Wildman–Crippen MR) is 212 cm³/mol. The summed E-state index contributed by atoms with van der Waals surface area (Å²) in [6, 6.07) is 58.4. The fraction of sp³-hybridized carbons (Fsp3) is 0.0625. The van der Waals surface area contributed by atoms with Crippen LogP contribution in [0.1, 0.15) is 25.0 Å². The number of rotatable bonds is 4. The molecule has 0 bridgehead atoms. The Hall–Kier alpha value is -6.45. The van der Waals surface area contributed by atoms with Crippen molar-refractivity contribution in [3.8, 4) is 56.4 Å². The van der Waals surface area contributed by atoms with Crippen molar-refractivity contribution in [2.45, 2.75) is 19.3 Å². The summed E-state index contributed by atoms with van der Waals surface area (Å²) in [5.74, 6) is 1.96. The SMILES string of the molecule is CC1(C)c2ccccc2-c2cc3c(ccc4ccc5cc(-c6nc(-c7ccccc7)nc(-c7ccc(-c8ccccc8)cc7)n6)ccc5c43)cc21. The van der Waals surface area contributed by atoms with E-state index in [1.807, 2.05) is 24.3 Å². The zero-order chi connectivity index (χ0) is 34.1. The van der Waals surface area contributed by atoms with Crippen molar-refractivity contribution in [3.05, 3.63) is 175 Å². The van der Waals surface area contributed by atoms with Crippen LogP contribution >= 0.6 is 0 Å². The maximum absolute atomic E-state index is 5.07. The molecule has 9 aromatic rings. The summed E-state index contributed by atoms with van der Waals surface area (Å²) in [6.45, 7) is 4.69. The molecule has 0 aliphatic heterocycles. The second-order valence-electron chi connectivity index (χ2n) is 14.1. The number of hydrogen-bond donors (Lipinski definition) is 0. The Bertz CT molecular complexity index is 2800. The number of nitrogens with zero attached hydrogens (tertiary/aromatic N) is 3. The monoisotopic (exact) mass is 651 g/mol. The lowest BCUT2D eigenvalue weighted by atomic mass is 9.81. The van der Waals surface area contributed by atoms with Crippen molar-refractivity contribution in [3.63, 3.8) is 0 Å². The Morgan fingerprint density at radius 3 is 1.57 bits per heavy atom. The van der Waals surface area contributed by atoms with Crippen molar-refractivity contribution < 1.29 is 0 Å². The molecule has 1 heterocycles. The molecule has 0 radical (unpaired) electrons. The molecule has 0 saturated carbocycles. The summed E-state index contributed by atoms with van der Waals surface area (Å²) in [7, 11) is 0. The largest absolute Gasteiger partial charge is 0.208 e. The molecule has 1 aromatic heterocycles. The molecule has 0 unspecified atom stereocenters. The molecule has 0 amide bonds. The van der Waals surface area contributed by atoms with Gasteiger partial charge in [0.25, 0.3) is 0 Å². The van der Waals surface area contributed by atoms with E-state index in [0.717, 1.165) is 27.6 Å². The van der Waals surface area contributed by atoms with Gasteiger partial charge >= 0.3 is 0 Å². The van der Waals surface area contributed by atoms with Crippen LogP contribution < -0.4 is 0 Å². The van der Waals surface area contributed by atoms with E-state index in [1.54, 1.807) is 0 Å². The lowest BCUT2D eigenvalue weighted by Gasteiger charge is -2.22. The molecule has 10 rings (SSSR count). The third-order valence-corrected chi connectivity index (χ3v) is 10.7. The zero-order valence-corrected chi connectivity index (χ0v) is 28.4. The first-order chi connectivity index (χ1) is 25.0. The summed E-state index contributed by atoms with van der Waals surface area (Å²) < 4.78 is 0. The average molecular weight is 652 g/mol. The molecular formula is C48H33N3. The van der Waals surface area contributed by atoms with Crippen molar-refractivity contribution in [2.24, 2.45) is 0 Å². The summed E-state index contributed by atoms with van der Waals surface area (Å²) >= 11 is 0. The highest BCUT2D eigenvalue weighted by Gasteiger charge is 2.35. The van der Waals surface area contributed by atoms with Crippen LogP contribution in [0.2, 0.25) is 0 Å². The summed E-state index contributed by atoms with van der Waals surface area (Å²) in [6.07, 6.45) is 0. The molecule has 8 aromatic carbocycles. The third-order valence-electron chi connectivity index (χ3n) is 10.7. The van der Waals surface area contributed by atoms with Gasteiger partial charge in [-0.1, -0.05) is 159 Å². The lowest BCUT2D eigenvalue weighted by molar-refractivity contribution is 0.661. The van der Waals surface area contributed by atoms with Crippen LogP contribution in [0.3, 0.4) is 0 Å².